The van der Waals surface area contributed by atoms with Gasteiger partial charge in [-0.1, -0.05) is 0 Å². The first-order valence-electron chi connectivity index (χ1n) is 7.52. The van der Waals surface area contributed by atoms with Crippen LogP contribution in [0.4, 0.5) is 0 Å². The van der Waals surface area contributed by atoms with Crippen LogP contribution in [0.15, 0.2) is 41.3 Å². The third-order valence-corrected chi connectivity index (χ3v) is 4.14. The van der Waals surface area contributed by atoms with E-state index in [2.05, 4.69) is 26.6 Å². The molecular formula is C17H16N4O. The fraction of sp³-hybridized carbons (Fsp3) is 0.235. The number of nitrogens with zero attached hydrogens (tertiary/aromatic N) is 2. The molecule has 2 N–H and O–H groups in total. The minimum atomic E-state index is -0.175. The van der Waals surface area contributed by atoms with E-state index in [1.807, 2.05) is 18.2 Å². The molecule has 0 bridgehead atoms. The molecule has 5 nitrogen and oxygen atoms in total. The van der Waals surface area contributed by atoms with Crippen LogP contribution in [-0.2, 0) is 17.6 Å². The summed E-state index contributed by atoms with van der Waals surface area (Å²) in [6.07, 6.45) is 9.98. The Morgan fingerprint density at radius 1 is 1.23 bits per heavy atom. The Labute approximate surface area is 128 Å². The molecule has 3 heterocycles. The second-order valence-corrected chi connectivity index (χ2v) is 5.64. The predicted octanol–water partition coefficient (Wildman–Crippen LogP) is 2.21. The van der Waals surface area contributed by atoms with Gasteiger partial charge < -0.3 is 4.98 Å². The molecule has 0 fully saturated rings. The number of hydrogen-bond acceptors (Lipinski definition) is 3. The molecule has 1 amide bonds. The van der Waals surface area contributed by atoms with Crippen LogP contribution in [0, 0.1) is 0 Å². The number of pyridine rings is 1. The molecule has 1 aliphatic carbocycles. The lowest BCUT2D eigenvalue weighted by atomic mass is 9.98. The molecule has 0 aromatic carbocycles. The fourth-order valence-corrected chi connectivity index (χ4v) is 3.05. The zero-order valence-electron chi connectivity index (χ0n) is 12.1. The summed E-state index contributed by atoms with van der Waals surface area (Å²) in [7, 11) is 0. The van der Waals surface area contributed by atoms with Crippen molar-refractivity contribution in [3.63, 3.8) is 0 Å². The van der Waals surface area contributed by atoms with Crippen LogP contribution in [0.5, 0.6) is 0 Å². The van der Waals surface area contributed by atoms with Crippen LogP contribution in [0.2, 0.25) is 0 Å². The normalized spacial score (nSPS) is 19.0. The molecular weight excluding hydrogens is 276 g/mol. The Kier molecular flexibility index (Phi) is 3.11. The Hall–Kier alpha value is -2.69. The summed E-state index contributed by atoms with van der Waals surface area (Å²) < 4.78 is 0. The summed E-state index contributed by atoms with van der Waals surface area (Å²) in [5.74, 6) is -0.175. The zero-order valence-corrected chi connectivity index (χ0v) is 12.1. The van der Waals surface area contributed by atoms with E-state index < -0.39 is 0 Å². The average Bonchev–Trinajstić information content (AvgIpc) is 3.12. The molecule has 1 aliphatic heterocycles. The monoisotopic (exact) mass is 292 g/mol. The minimum Gasteiger partial charge on any atom is -0.359 e. The van der Waals surface area contributed by atoms with E-state index >= 15 is 0 Å². The molecule has 2 aromatic heterocycles. The maximum absolute atomic E-state index is 12.1. The molecule has 0 saturated heterocycles. The minimum absolute atomic E-state index is 0.175. The Morgan fingerprint density at radius 3 is 2.95 bits per heavy atom. The summed E-state index contributed by atoms with van der Waals surface area (Å²) in [6, 6.07) is 5.89. The van der Waals surface area contributed by atoms with E-state index in [0.29, 0.717) is 11.3 Å². The Bertz CT molecular complexity index is 763. The van der Waals surface area contributed by atoms with E-state index in [9.17, 15) is 4.79 Å². The Morgan fingerprint density at radius 2 is 2.14 bits per heavy atom. The number of nitrogens with one attached hydrogen (secondary N) is 2. The highest BCUT2D eigenvalue weighted by molar-refractivity contribution is 6.33. The van der Waals surface area contributed by atoms with E-state index in [1.165, 1.54) is 24.1 Å². The quantitative estimate of drug-likeness (QED) is 0.833. The molecule has 5 heteroatoms. The van der Waals surface area contributed by atoms with Gasteiger partial charge in [-0.25, -0.2) is 5.43 Å². The van der Waals surface area contributed by atoms with Crippen LogP contribution in [0.25, 0.3) is 6.08 Å². The van der Waals surface area contributed by atoms with Gasteiger partial charge in [0.05, 0.1) is 5.57 Å². The van der Waals surface area contributed by atoms with Crippen molar-refractivity contribution in [2.24, 2.45) is 5.10 Å². The van der Waals surface area contributed by atoms with E-state index in [4.69, 9.17) is 0 Å². The van der Waals surface area contributed by atoms with E-state index in [0.717, 1.165) is 24.1 Å². The van der Waals surface area contributed by atoms with Gasteiger partial charge in [0.15, 0.2) is 0 Å². The molecule has 0 radical (unpaired) electrons. The molecule has 4 rings (SSSR count). The summed E-state index contributed by atoms with van der Waals surface area (Å²) in [5, 5.41) is 4.14. The van der Waals surface area contributed by atoms with Crippen molar-refractivity contribution in [1.29, 1.82) is 0 Å². The van der Waals surface area contributed by atoms with E-state index in [-0.39, 0.29) is 5.91 Å². The number of hydrazone groups is 1. The fourth-order valence-electron chi connectivity index (χ4n) is 3.05. The molecule has 22 heavy (non-hydrogen) atoms. The number of rotatable bonds is 2. The number of amides is 1. The number of hydrogen-bond donors (Lipinski definition) is 2. The zero-order chi connectivity index (χ0) is 14.9. The number of aryl methyl sites for hydroxylation is 2. The van der Waals surface area contributed by atoms with Crippen LogP contribution in [0.1, 0.15) is 35.4 Å². The second-order valence-electron chi connectivity index (χ2n) is 5.64. The second kappa shape index (κ2) is 5.26. The van der Waals surface area contributed by atoms with E-state index in [1.54, 1.807) is 12.4 Å². The van der Waals surface area contributed by atoms with Crippen LogP contribution >= 0.6 is 0 Å². The first-order valence-corrected chi connectivity index (χ1v) is 7.52. The van der Waals surface area contributed by atoms with Crippen molar-refractivity contribution in [3.05, 3.63) is 58.7 Å². The lowest BCUT2D eigenvalue weighted by Crippen LogP contribution is -2.13. The first kappa shape index (κ1) is 13.0. The number of H-pyrrole nitrogens is 1. The van der Waals surface area contributed by atoms with Gasteiger partial charge in [-0.3, -0.25) is 9.78 Å². The topological polar surface area (TPSA) is 70.1 Å². The largest absolute Gasteiger partial charge is 0.359 e. The van der Waals surface area contributed by atoms with Gasteiger partial charge in [0.2, 0.25) is 0 Å². The van der Waals surface area contributed by atoms with Crippen LogP contribution < -0.4 is 5.43 Å². The van der Waals surface area contributed by atoms with Gasteiger partial charge in [0.25, 0.3) is 5.91 Å². The van der Waals surface area contributed by atoms with Crippen molar-refractivity contribution in [1.82, 2.24) is 15.4 Å². The van der Waals surface area contributed by atoms with Gasteiger partial charge in [-0.15, -0.1) is 0 Å². The third kappa shape index (κ3) is 2.24. The molecule has 0 saturated carbocycles. The summed E-state index contributed by atoms with van der Waals surface area (Å²) in [6.45, 7) is 0. The summed E-state index contributed by atoms with van der Waals surface area (Å²) in [4.78, 5) is 19.6. The predicted molar refractivity (Wildman–Crippen MR) is 84.3 cm³/mol. The smallest absolute Gasteiger partial charge is 0.273 e. The number of carbonyl (C=O) groups is 1. The molecule has 0 spiro atoms. The lowest BCUT2D eigenvalue weighted by molar-refractivity contribution is -0.116. The molecule has 2 aliphatic rings. The SMILES string of the molecule is O=C1NN=C(c2cccnc2)C1=Cc1cc2c([nH]1)CCCC2. The highest BCUT2D eigenvalue weighted by atomic mass is 16.2. The molecule has 0 atom stereocenters. The van der Waals surface area contributed by atoms with Crippen molar-refractivity contribution < 1.29 is 4.79 Å². The van der Waals surface area contributed by atoms with Gasteiger partial charge >= 0.3 is 0 Å². The van der Waals surface area contributed by atoms with Crippen molar-refractivity contribution >= 4 is 17.7 Å². The highest BCUT2D eigenvalue weighted by Crippen LogP contribution is 2.24. The third-order valence-electron chi connectivity index (χ3n) is 4.14. The molecule has 2 aromatic rings. The maximum Gasteiger partial charge on any atom is 0.273 e. The van der Waals surface area contributed by atoms with Gasteiger partial charge in [-0.05, 0) is 55.5 Å². The maximum atomic E-state index is 12.1. The summed E-state index contributed by atoms with van der Waals surface area (Å²) >= 11 is 0. The first-order chi connectivity index (χ1) is 10.8. The number of fused-ring (bicyclic) bond motifs is 1. The summed E-state index contributed by atoms with van der Waals surface area (Å²) in [5.41, 5.74) is 8.24. The number of carbonyl (C=O) groups excluding carboxylic acids is 1. The standard InChI is InChI=1S/C17H16N4O/c22-17-14(16(20-21-17)12-5-3-7-18-10-12)9-13-8-11-4-1-2-6-15(11)19-13/h3,5,7-10,19H,1-2,4,6H2,(H,21,22). The van der Waals surface area contributed by atoms with Gasteiger partial charge in [0, 0.05) is 29.3 Å². The van der Waals surface area contributed by atoms with Crippen molar-refractivity contribution in [2.75, 3.05) is 0 Å². The number of aromatic amines is 1. The number of aromatic nitrogens is 2. The van der Waals surface area contributed by atoms with Crippen molar-refractivity contribution in [3.8, 4) is 0 Å². The Balaban J connectivity index is 1.72. The van der Waals surface area contributed by atoms with Crippen LogP contribution in [-0.4, -0.2) is 21.6 Å². The highest BCUT2D eigenvalue weighted by Gasteiger charge is 2.24. The van der Waals surface area contributed by atoms with Gasteiger partial charge in [0.1, 0.15) is 5.71 Å². The van der Waals surface area contributed by atoms with Crippen molar-refractivity contribution in [2.45, 2.75) is 25.7 Å². The average molecular weight is 292 g/mol. The lowest BCUT2D eigenvalue weighted by Gasteiger charge is -2.08. The molecule has 0 unspecified atom stereocenters. The van der Waals surface area contributed by atoms with Crippen LogP contribution in [0.3, 0.4) is 0 Å². The molecule has 110 valence electrons. The van der Waals surface area contributed by atoms with Gasteiger partial charge in [-0.2, -0.15) is 5.10 Å².